The molecule has 0 fully saturated rings. The van der Waals surface area contributed by atoms with Crippen LogP contribution in [-0.4, -0.2) is 25.6 Å². The molecule has 4 nitrogen and oxygen atoms in total. The summed E-state index contributed by atoms with van der Waals surface area (Å²) in [5.74, 6) is 1.39. The van der Waals surface area contributed by atoms with E-state index in [4.69, 9.17) is 14.2 Å². The third-order valence-electron chi connectivity index (χ3n) is 2.38. The Morgan fingerprint density at radius 1 is 1.05 bits per heavy atom. The van der Waals surface area contributed by atoms with Gasteiger partial charge in [0.25, 0.3) is 0 Å². The van der Waals surface area contributed by atoms with Crippen LogP contribution in [-0.2, 0) is 0 Å². The van der Waals surface area contributed by atoms with E-state index in [1.807, 2.05) is 20.8 Å². The molecular formula is C15H20O4. The maximum absolute atomic E-state index is 11.7. The number of hydrogen-bond donors (Lipinski definition) is 0. The molecule has 0 N–H and O–H groups in total. The van der Waals surface area contributed by atoms with Crippen LogP contribution in [0, 0.1) is 0 Å². The standard InChI is InChI=1S/C15H20O4/c1-5-12(16)11-9-13(17-6-2)15(19-8-4)14(10-11)18-7-3/h5,9-10H,1,6-8H2,2-4H3. The summed E-state index contributed by atoms with van der Waals surface area (Å²) in [5.41, 5.74) is 0.477. The summed E-state index contributed by atoms with van der Waals surface area (Å²) >= 11 is 0. The SMILES string of the molecule is C=CC(=O)c1cc(OCC)c(OCC)c(OCC)c1. The predicted octanol–water partition coefficient (Wildman–Crippen LogP) is 3.25. The predicted molar refractivity (Wildman–Crippen MR) is 74.5 cm³/mol. The van der Waals surface area contributed by atoms with Crippen molar-refractivity contribution in [3.63, 3.8) is 0 Å². The van der Waals surface area contributed by atoms with Gasteiger partial charge >= 0.3 is 0 Å². The van der Waals surface area contributed by atoms with Gasteiger partial charge in [0.15, 0.2) is 17.3 Å². The zero-order valence-electron chi connectivity index (χ0n) is 11.7. The number of rotatable bonds is 8. The van der Waals surface area contributed by atoms with Crippen molar-refractivity contribution in [2.24, 2.45) is 0 Å². The van der Waals surface area contributed by atoms with Crippen molar-refractivity contribution in [2.75, 3.05) is 19.8 Å². The van der Waals surface area contributed by atoms with Gasteiger partial charge in [0, 0.05) is 5.56 Å². The van der Waals surface area contributed by atoms with Crippen molar-refractivity contribution in [3.05, 3.63) is 30.4 Å². The molecule has 0 aliphatic carbocycles. The lowest BCUT2D eigenvalue weighted by Crippen LogP contribution is -2.05. The van der Waals surface area contributed by atoms with Gasteiger partial charge < -0.3 is 14.2 Å². The van der Waals surface area contributed by atoms with E-state index in [1.54, 1.807) is 12.1 Å². The molecule has 104 valence electrons. The first kappa shape index (κ1) is 15.1. The molecule has 0 saturated heterocycles. The zero-order valence-corrected chi connectivity index (χ0v) is 11.7. The fourth-order valence-electron chi connectivity index (χ4n) is 1.65. The average molecular weight is 264 g/mol. The molecule has 0 radical (unpaired) electrons. The molecule has 1 aromatic carbocycles. The topological polar surface area (TPSA) is 44.8 Å². The number of allylic oxidation sites excluding steroid dienone is 1. The largest absolute Gasteiger partial charge is 0.490 e. The van der Waals surface area contributed by atoms with E-state index < -0.39 is 0 Å². The van der Waals surface area contributed by atoms with Crippen molar-refractivity contribution < 1.29 is 19.0 Å². The number of hydrogen-bond acceptors (Lipinski definition) is 4. The van der Waals surface area contributed by atoms with Gasteiger partial charge in [-0.1, -0.05) is 6.58 Å². The van der Waals surface area contributed by atoms with Gasteiger partial charge in [0.1, 0.15) is 0 Å². The highest BCUT2D eigenvalue weighted by molar-refractivity contribution is 6.05. The molecule has 0 heterocycles. The molecule has 0 aliphatic heterocycles. The number of carbonyl (C=O) groups is 1. The normalized spacial score (nSPS) is 9.84. The lowest BCUT2D eigenvalue weighted by molar-refractivity contribution is 0.104. The van der Waals surface area contributed by atoms with Crippen molar-refractivity contribution >= 4 is 5.78 Å². The Bertz CT molecular complexity index is 424. The van der Waals surface area contributed by atoms with Crippen LogP contribution in [0.5, 0.6) is 17.2 Å². The van der Waals surface area contributed by atoms with Crippen LogP contribution in [0.1, 0.15) is 31.1 Å². The minimum atomic E-state index is -0.176. The highest BCUT2D eigenvalue weighted by Gasteiger charge is 2.16. The Hall–Kier alpha value is -1.97. The summed E-state index contributed by atoms with van der Waals surface area (Å²) in [6.45, 7) is 10.6. The van der Waals surface area contributed by atoms with Gasteiger partial charge in [-0.3, -0.25) is 4.79 Å². The van der Waals surface area contributed by atoms with Gasteiger partial charge in [-0.15, -0.1) is 0 Å². The lowest BCUT2D eigenvalue weighted by atomic mass is 10.1. The third kappa shape index (κ3) is 3.74. The molecule has 4 heteroatoms. The minimum Gasteiger partial charge on any atom is -0.490 e. The molecule has 1 aromatic rings. The molecule has 0 aromatic heterocycles. The monoisotopic (exact) mass is 264 g/mol. The first-order chi connectivity index (χ1) is 9.17. The zero-order chi connectivity index (χ0) is 14.3. The highest BCUT2D eigenvalue weighted by atomic mass is 16.5. The maximum atomic E-state index is 11.7. The molecule has 0 unspecified atom stereocenters. The van der Waals surface area contributed by atoms with Gasteiger partial charge in [-0.25, -0.2) is 0 Å². The van der Waals surface area contributed by atoms with Gasteiger partial charge in [0.2, 0.25) is 5.75 Å². The van der Waals surface area contributed by atoms with E-state index in [-0.39, 0.29) is 5.78 Å². The first-order valence-corrected chi connectivity index (χ1v) is 6.41. The number of ketones is 1. The van der Waals surface area contributed by atoms with Crippen LogP contribution >= 0.6 is 0 Å². The van der Waals surface area contributed by atoms with E-state index in [0.29, 0.717) is 42.6 Å². The van der Waals surface area contributed by atoms with E-state index in [9.17, 15) is 4.79 Å². The Kier molecular flexibility index (Phi) is 5.93. The average Bonchev–Trinajstić information content (AvgIpc) is 2.41. The van der Waals surface area contributed by atoms with Crippen LogP contribution in [0.4, 0.5) is 0 Å². The van der Waals surface area contributed by atoms with Crippen LogP contribution in [0.2, 0.25) is 0 Å². The Balaban J connectivity index is 3.33. The van der Waals surface area contributed by atoms with Crippen LogP contribution in [0.25, 0.3) is 0 Å². The van der Waals surface area contributed by atoms with Gasteiger partial charge in [-0.2, -0.15) is 0 Å². The van der Waals surface area contributed by atoms with Crippen molar-refractivity contribution in [2.45, 2.75) is 20.8 Å². The van der Waals surface area contributed by atoms with Gasteiger partial charge in [0.05, 0.1) is 19.8 Å². The maximum Gasteiger partial charge on any atom is 0.203 e. The summed E-state index contributed by atoms with van der Waals surface area (Å²) < 4.78 is 16.6. The summed E-state index contributed by atoms with van der Waals surface area (Å²) in [6.07, 6.45) is 1.27. The third-order valence-corrected chi connectivity index (χ3v) is 2.38. The molecular weight excluding hydrogens is 244 g/mol. The van der Waals surface area contributed by atoms with Crippen molar-refractivity contribution in [3.8, 4) is 17.2 Å². The van der Waals surface area contributed by atoms with Crippen molar-refractivity contribution in [1.82, 2.24) is 0 Å². The van der Waals surface area contributed by atoms with Crippen LogP contribution in [0.3, 0.4) is 0 Å². The second-order valence-electron chi connectivity index (χ2n) is 3.67. The van der Waals surface area contributed by atoms with Gasteiger partial charge in [-0.05, 0) is 39.0 Å². The summed E-state index contributed by atoms with van der Waals surface area (Å²) in [6, 6.07) is 3.31. The first-order valence-electron chi connectivity index (χ1n) is 6.41. The fourth-order valence-corrected chi connectivity index (χ4v) is 1.65. The van der Waals surface area contributed by atoms with E-state index in [0.717, 1.165) is 0 Å². The van der Waals surface area contributed by atoms with E-state index in [2.05, 4.69) is 6.58 Å². The lowest BCUT2D eigenvalue weighted by Gasteiger charge is -2.16. The molecule has 1 rings (SSSR count). The Morgan fingerprint density at radius 2 is 1.53 bits per heavy atom. The summed E-state index contributed by atoms with van der Waals surface area (Å²) in [4.78, 5) is 11.7. The smallest absolute Gasteiger partial charge is 0.203 e. The Morgan fingerprint density at radius 3 is 1.89 bits per heavy atom. The van der Waals surface area contributed by atoms with Crippen molar-refractivity contribution in [1.29, 1.82) is 0 Å². The molecule has 0 aliphatic rings. The van der Waals surface area contributed by atoms with E-state index >= 15 is 0 Å². The molecule has 0 amide bonds. The summed E-state index contributed by atoms with van der Waals surface area (Å²) in [5, 5.41) is 0. The number of carbonyl (C=O) groups excluding carboxylic acids is 1. The quantitative estimate of drug-likeness (QED) is 0.534. The highest BCUT2D eigenvalue weighted by Crippen LogP contribution is 2.39. The number of ether oxygens (including phenoxy) is 3. The van der Waals surface area contributed by atoms with Crippen LogP contribution < -0.4 is 14.2 Å². The molecule has 0 saturated carbocycles. The number of benzene rings is 1. The fraction of sp³-hybridized carbons (Fsp3) is 0.400. The molecule has 0 bridgehead atoms. The molecule has 19 heavy (non-hydrogen) atoms. The molecule has 0 atom stereocenters. The summed E-state index contributed by atoms with van der Waals surface area (Å²) in [7, 11) is 0. The second-order valence-corrected chi connectivity index (χ2v) is 3.67. The van der Waals surface area contributed by atoms with E-state index in [1.165, 1.54) is 6.08 Å². The minimum absolute atomic E-state index is 0.176. The Labute approximate surface area is 114 Å². The molecule has 0 spiro atoms. The second kappa shape index (κ2) is 7.46. The van der Waals surface area contributed by atoms with Crippen LogP contribution in [0.15, 0.2) is 24.8 Å².